The molecule has 2 aromatic carbocycles. The van der Waals surface area contributed by atoms with Gasteiger partial charge >= 0.3 is 5.97 Å². The van der Waals surface area contributed by atoms with Crippen LogP contribution in [0, 0.1) is 17.0 Å². The minimum absolute atomic E-state index is 0.305. The van der Waals surface area contributed by atoms with Crippen molar-refractivity contribution in [1.29, 1.82) is 0 Å². The first-order valence-corrected chi connectivity index (χ1v) is 5.58. The second-order valence-corrected chi connectivity index (χ2v) is 4.16. The molecule has 5 nitrogen and oxygen atoms in total. The van der Waals surface area contributed by atoms with Gasteiger partial charge in [0.2, 0.25) is 0 Å². The van der Waals surface area contributed by atoms with Gasteiger partial charge in [-0.25, -0.2) is 4.79 Å². The molecule has 96 valence electrons. The molecule has 2 aromatic rings. The molecule has 2 rings (SSSR count). The molecule has 0 aliphatic rings. The number of carboxylic acid groups (broad SMARTS) is 1. The predicted octanol–water partition coefficient (Wildman–Crippen LogP) is 3.27. The number of hydrogen-bond acceptors (Lipinski definition) is 3. The van der Waals surface area contributed by atoms with Crippen LogP contribution in [0.2, 0.25) is 0 Å². The highest BCUT2D eigenvalue weighted by Crippen LogP contribution is 2.27. The summed E-state index contributed by atoms with van der Waals surface area (Å²) in [5, 5.41) is 19.8. The van der Waals surface area contributed by atoms with E-state index in [0.29, 0.717) is 5.56 Å². The van der Waals surface area contributed by atoms with Crippen LogP contribution in [0.1, 0.15) is 15.9 Å². The van der Waals surface area contributed by atoms with E-state index in [-0.39, 0.29) is 5.56 Å². The van der Waals surface area contributed by atoms with Crippen LogP contribution in [0.4, 0.5) is 5.69 Å². The summed E-state index contributed by atoms with van der Waals surface area (Å²) in [4.78, 5) is 21.1. The molecule has 0 aliphatic carbocycles. The van der Waals surface area contributed by atoms with Gasteiger partial charge in [0, 0.05) is 6.07 Å². The highest BCUT2D eigenvalue weighted by atomic mass is 16.6. The number of carbonyl (C=O) groups is 1. The molecule has 0 radical (unpaired) electrons. The normalized spacial score (nSPS) is 10.2. The Labute approximate surface area is 109 Å². The fourth-order valence-corrected chi connectivity index (χ4v) is 1.79. The summed E-state index contributed by atoms with van der Waals surface area (Å²) in [6, 6.07) is 11.6. The van der Waals surface area contributed by atoms with Crippen LogP contribution in [0.3, 0.4) is 0 Å². The van der Waals surface area contributed by atoms with E-state index in [9.17, 15) is 14.9 Å². The van der Waals surface area contributed by atoms with Crippen molar-refractivity contribution in [3.05, 3.63) is 63.7 Å². The lowest BCUT2D eigenvalue weighted by molar-refractivity contribution is -0.385. The highest BCUT2D eigenvalue weighted by Gasteiger charge is 2.20. The lowest BCUT2D eigenvalue weighted by atomic mass is 10.0. The van der Waals surface area contributed by atoms with Crippen molar-refractivity contribution in [3.63, 3.8) is 0 Å². The third-order valence-electron chi connectivity index (χ3n) is 2.81. The van der Waals surface area contributed by atoms with Crippen molar-refractivity contribution in [2.75, 3.05) is 0 Å². The number of carboxylic acids is 1. The van der Waals surface area contributed by atoms with Crippen molar-refractivity contribution in [2.45, 2.75) is 6.92 Å². The molecule has 0 fully saturated rings. The van der Waals surface area contributed by atoms with Gasteiger partial charge in [-0.3, -0.25) is 10.1 Å². The Kier molecular flexibility index (Phi) is 3.29. The lowest BCUT2D eigenvalue weighted by Crippen LogP contribution is -2.02. The molecule has 19 heavy (non-hydrogen) atoms. The van der Waals surface area contributed by atoms with Crippen LogP contribution < -0.4 is 0 Å². The molecule has 0 heterocycles. The van der Waals surface area contributed by atoms with Crippen LogP contribution in [-0.2, 0) is 0 Å². The van der Waals surface area contributed by atoms with Crippen molar-refractivity contribution >= 4 is 11.7 Å². The summed E-state index contributed by atoms with van der Waals surface area (Å²) < 4.78 is 0. The number of rotatable bonds is 3. The Morgan fingerprint density at radius 3 is 2.21 bits per heavy atom. The average molecular weight is 257 g/mol. The van der Waals surface area contributed by atoms with E-state index in [4.69, 9.17) is 5.11 Å². The van der Waals surface area contributed by atoms with Gasteiger partial charge in [0.1, 0.15) is 5.56 Å². The minimum atomic E-state index is -1.30. The minimum Gasteiger partial charge on any atom is -0.477 e. The predicted molar refractivity (Wildman–Crippen MR) is 70.2 cm³/mol. The van der Waals surface area contributed by atoms with E-state index in [2.05, 4.69) is 0 Å². The first-order chi connectivity index (χ1) is 8.99. The number of aromatic carboxylic acids is 1. The quantitative estimate of drug-likeness (QED) is 0.675. The topological polar surface area (TPSA) is 80.4 Å². The number of nitro benzene ring substituents is 1. The van der Waals surface area contributed by atoms with Gasteiger partial charge < -0.3 is 5.11 Å². The van der Waals surface area contributed by atoms with E-state index < -0.39 is 16.6 Å². The van der Waals surface area contributed by atoms with Gasteiger partial charge in [-0.2, -0.15) is 0 Å². The second-order valence-electron chi connectivity index (χ2n) is 4.16. The van der Waals surface area contributed by atoms with Gasteiger partial charge in [-0.1, -0.05) is 35.9 Å². The molecule has 0 aliphatic heterocycles. The Balaban J connectivity index is 2.55. The maximum atomic E-state index is 10.9. The zero-order valence-electron chi connectivity index (χ0n) is 10.2. The fraction of sp³-hybridized carbons (Fsp3) is 0.0714. The second kappa shape index (κ2) is 4.89. The van der Waals surface area contributed by atoms with Crippen molar-refractivity contribution in [2.24, 2.45) is 0 Å². The first kappa shape index (κ1) is 12.8. The molecule has 0 spiro atoms. The number of benzene rings is 2. The Bertz CT molecular complexity index is 647. The van der Waals surface area contributed by atoms with E-state index >= 15 is 0 Å². The number of nitrogens with zero attached hydrogens (tertiary/aromatic N) is 1. The SMILES string of the molecule is Cc1ccc(-c2ccc(C(=O)O)c([N+](=O)[O-])c2)cc1. The maximum Gasteiger partial charge on any atom is 0.342 e. The molecule has 0 saturated carbocycles. The third-order valence-corrected chi connectivity index (χ3v) is 2.81. The average Bonchev–Trinajstić information content (AvgIpc) is 2.38. The lowest BCUT2D eigenvalue weighted by Gasteiger charge is -2.04. The van der Waals surface area contributed by atoms with E-state index in [1.54, 1.807) is 6.07 Å². The summed E-state index contributed by atoms with van der Waals surface area (Å²) in [5.74, 6) is -1.30. The zero-order chi connectivity index (χ0) is 14.0. The summed E-state index contributed by atoms with van der Waals surface area (Å²) >= 11 is 0. The summed E-state index contributed by atoms with van der Waals surface area (Å²) in [5.41, 5.74) is 1.81. The van der Waals surface area contributed by atoms with Crippen molar-refractivity contribution < 1.29 is 14.8 Å². The fourth-order valence-electron chi connectivity index (χ4n) is 1.79. The van der Waals surface area contributed by atoms with Crippen LogP contribution >= 0.6 is 0 Å². The molecule has 5 heteroatoms. The highest BCUT2D eigenvalue weighted by molar-refractivity contribution is 5.93. The number of nitro groups is 1. The molecule has 0 unspecified atom stereocenters. The van der Waals surface area contributed by atoms with Crippen LogP contribution in [-0.4, -0.2) is 16.0 Å². The molecule has 1 N–H and O–H groups in total. The van der Waals surface area contributed by atoms with Crippen molar-refractivity contribution in [1.82, 2.24) is 0 Å². The van der Waals surface area contributed by atoms with Crippen LogP contribution in [0.15, 0.2) is 42.5 Å². The molecule has 0 bridgehead atoms. The molecule has 0 aromatic heterocycles. The summed E-state index contributed by atoms with van der Waals surface area (Å²) in [7, 11) is 0. The molecule has 0 amide bonds. The Morgan fingerprint density at radius 2 is 1.68 bits per heavy atom. The largest absolute Gasteiger partial charge is 0.477 e. The summed E-state index contributed by atoms with van der Waals surface area (Å²) in [6.45, 7) is 1.94. The summed E-state index contributed by atoms with van der Waals surface area (Å²) in [6.07, 6.45) is 0. The van der Waals surface area contributed by atoms with E-state index in [1.807, 2.05) is 31.2 Å². The van der Waals surface area contributed by atoms with Crippen LogP contribution in [0.25, 0.3) is 11.1 Å². The Hall–Kier alpha value is -2.69. The third kappa shape index (κ3) is 2.60. The smallest absolute Gasteiger partial charge is 0.342 e. The molecule has 0 atom stereocenters. The molecular weight excluding hydrogens is 246 g/mol. The zero-order valence-corrected chi connectivity index (χ0v) is 10.2. The van der Waals surface area contributed by atoms with Crippen LogP contribution in [0.5, 0.6) is 0 Å². The van der Waals surface area contributed by atoms with Gasteiger partial charge in [0.15, 0.2) is 0 Å². The monoisotopic (exact) mass is 257 g/mol. The van der Waals surface area contributed by atoms with Gasteiger partial charge in [-0.05, 0) is 24.1 Å². The van der Waals surface area contributed by atoms with Gasteiger partial charge in [-0.15, -0.1) is 0 Å². The number of hydrogen-bond donors (Lipinski definition) is 1. The van der Waals surface area contributed by atoms with Crippen molar-refractivity contribution in [3.8, 4) is 11.1 Å². The van der Waals surface area contributed by atoms with E-state index in [0.717, 1.165) is 11.1 Å². The standard InChI is InChI=1S/C14H11NO4/c1-9-2-4-10(5-3-9)11-6-7-12(14(16)17)13(8-11)15(18)19/h2-8H,1H3,(H,16,17). The Morgan fingerprint density at radius 1 is 1.11 bits per heavy atom. The van der Waals surface area contributed by atoms with Gasteiger partial charge in [0.05, 0.1) is 4.92 Å². The maximum absolute atomic E-state index is 10.9. The first-order valence-electron chi connectivity index (χ1n) is 5.58. The molecular formula is C14H11NO4. The van der Waals surface area contributed by atoms with E-state index in [1.165, 1.54) is 12.1 Å². The molecule has 0 saturated heterocycles. The number of aryl methyl sites for hydroxylation is 1. The van der Waals surface area contributed by atoms with Gasteiger partial charge in [0.25, 0.3) is 5.69 Å².